The molecule has 0 radical (unpaired) electrons. The molecule has 0 unspecified atom stereocenters. The Bertz CT molecular complexity index is 1170. The van der Waals surface area contributed by atoms with Gasteiger partial charge in [-0.15, -0.1) is 0 Å². The Kier molecular flexibility index (Phi) is 7.09. The molecule has 0 saturated heterocycles. The Hall–Kier alpha value is -2.97. The largest absolute Gasteiger partial charge is 0.495 e. The van der Waals surface area contributed by atoms with Gasteiger partial charge in [0, 0.05) is 12.1 Å². The minimum Gasteiger partial charge on any atom is -0.495 e. The van der Waals surface area contributed by atoms with Gasteiger partial charge in [-0.1, -0.05) is 0 Å². The normalized spacial score (nSPS) is 10.9. The fourth-order valence-electron chi connectivity index (χ4n) is 3.53. The predicted molar refractivity (Wildman–Crippen MR) is 103 cm³/mol. The fourth-order valence-corrected chi connectivity index (χ4v) is 6.98. The summed E-state index contributed by atoms with van der Waals surface area (Å²) in [4.78, 5) is 0. The van der Waals surface area contributed by atoms with Crippen molar-refractivity contribution < 1.29 is 49.3 Å². The first kappa shape index (κ1) is 24.7. The lowest BCUT2D eigenvalue weighted by atomic mass is 10.3. The van der Waals surface area contributed by atoms with Gasteiger partial charge in [-0.2, -0.15) is 0 Å². The van der Waals surface area contributed by atoms with Crippen LogP contribution in [0.15, 0.2) is 24.3 Å². The molecule has 0 saturated carbocycles. The number of hydrogen-bond donors (Lipinski definition) is 0. The van der Waals surface area contributed by atoms with Crippen LogP contribution in [0.3, 0.4) is 0 Å². The van der Waals surface area contributed by atoms with E-state index >= 15 is 13.2 Å². The van der Waals surface area contributed by atoms with E-state index in [1.807, 2.05) is 0 Å². The van der Waals surface area contributed by atoms with Crippen LogP contribution >= 0.6 is 0 Å². The minimum absolute atomic E-state index is 0.0984. The van der Waals surface area contributed by atoms with Crippen LogP contribution in [0.2, 0.25) is 0 Å². The van der Waals surface area contributed by atoms with Crippen molar-refractivity contribution in [1.29, 1.82) is 0 Å². The van der Waals surface area contributed by atoms with Crippen LogP contribution in [0.1, 0.15) is 0 Å². The first-order valence-electron chi connectivity index (χ1n) is 9.03. The maximum atomic E-state index is 15.3. The summed E-state index contributed by atoms with van der Waals surface area (Å²) in [5.74, 6) is -15.9. The second kappa shape index (κ2) is 9.49. The van der Waals surface area contributed by atoms with Crippen molar-refractivity contribution in [1.82, 2.24) is 0 Å². The van der Waals surface area contributed by atoms with Crippen molar-refractivity contribution in [2.75, 3.05) is 21.3 Å². The van der Waals surface area contributed by atoms with Gasteiger partial charge in [-0.3, -0.25) is 0 Å². The van der Waals surface area contributed by atoms with Gasteiger partial charge in [-0.25, -0.2) is 35.1 Å². The van der Waals surface area contributed by atoms with Crippen molar-refractivity contribution in [3.8, 4) is 17.2 Å². The highest BCUT2D eigenvalue weighted by Gasteiger charge is 2.44. The Balaban J connectivity index is 2.63. The van der Waals surface area contributed by atoms with Gasteiger partial charge in [0.15, 0.2) is 46.5 Å². The summed E-state index contributed by atoms with van der Waals surface area (Å²) in [6.45, 7) is 0. The molecule has 0 heterocycles. The summed E-state index contributed by atoms with van der Waals surface area (Å²) < 4.78 is 129. The molecular formula is C21H13AlF8O3. The van der Waals surface area contributed by atoms with E-state index < -0.39 is 91.2 Å². The molecule has 0 aromatic heterocycles. The average Bonchev–Trinajstić information content (AvgIpc) is 2.76. The maximum absolute atomic E-state index is 15.3. The molecule has 0 N–H and O–H groups in total. The summed E-state index contributed by atoms with van der Waals surface area (Å²) in [7, 11) is 2.67. The molecule has 3 aromatic carbocycles. The van der Waals surface area contributed by atoms with Gasteiger partial charge in [0.1, 0.15) is 17.3 Å². The molecule has 0 bridgehead atoms. The van der Waals surface area contributed by atoms with E-state index in [0.29, 0.717) is 6.07 Å². The molecule has 0 aliphatic heterocycles. The lowest BCUT2D eigenvalue weighted by Gasteiger charge is -2.22. The molecule has 0 aliphatic rings. The topological polar surface area (TPSA) is 27.7 Å². The molecule has 0 spiro atoms. The third-order valence-corrected chi connectivity index (χ3v) is 8.20. The van der Waals surface area contributed by atoms with Crippen LogP contribution in [0.25, 0.3) is 0 Å². The number of halogens is 8. The number of benzene rings is 3. The fraction of sp³-hybridized carbons (Fsp3) is 0.143. The van der Waals surface area contributed by atoms with E-state index in [9.17, 15) is 22.0 Å². The monoisotopic (exact) mass is 492 g/mol. The molecule has 0 atom stereocenters. The summed E-state index contributed by atoms with van der Waals surface area (Å²) >= 11 is -4.52. The zero-order valence-corrected chi connectivity index (χ0v) is 18.3. The Labute approximate surface area is 186 Å². The highest BCUT2D eigenvalue weighted by molar-refractivity contribution is 6.96. The summed E-state index contributed by atoms with van der Waals surface area (Å²) in [6, 6.07) is 1.71. The van der Waals surface area contributed by atoms with Gasteiger partial charge in [0.25, 0.3) is 0 Å². The molecule has 0 fully saturated rings. The van der Waals surface area contributed by atoms with Crippen LogP contribution < -0.4 is 27.5 Å². The first-order valence-corrected chi connectivity index (χ1v) is 10.8. The van der Waals surface area contributed by atoms with Crippen LogP contribution in [-0.4, -0.2) is 35.5 Å². The quantitative estimate of drug-likeness (QED) is 0.300. The summed E-state index contributed by atoms with van der Waals surface area (Å²) in [6.07, 6.45) is 0. The molecular weight excluding hydrogens is 479 g/mol. The van der Waals surface area contributed by atoms with Crippen molar-refractivity contribution >= 4 is 27.4 Å². The predicted octanol–water partition coefficient (Wildman–Crippen LogP) is 3.34. The molecule has 33 heavy (non-hydrogen) atoms. The van der Waals surface area contributed by atoms with Crippen molar-refractivity contribution in [3.05, 3.63) is 70.8 Å². The third-order valence-electron chi connectivity index (χ3n) is 4.91. The molecule has 0 amide bonds. The van der Waals surface area contributed by atoms with Crippen molar-refractivity contribution in [2.24, 2.45) is 0 Å². The maximum Gasteiger partial charge on any atom is 0.415 e. The van der Waals surface area contributed by atoms with Crippen LogP contribution in [0.5, 0.6) is 17.2 Å². The van der Waals surface area contributed by atoms with E-state index in [0.717, 1.165) is 27.4 Å². The molecule has 3 aromatic rings. The Morgan fingerprint density at radius 3 is 1.36 bits per heavy atom. The number of rotatable bonds is 6. The van der Waals surface area contributed by atoms with Crippen LogP contribution in [0, 0.1) is 46.5 Å². The van der Waals surface area contributed by atoms with Gasteiger partial charge in [-0.05, 0) is 25.4 Å². The van der Waals surface area contributed by atoms with E-state index in [-0.39, 0.29) is 12.1 Å². The van der Waals surface area contributed by atoms with Gasteiger partial charge >= 0.3 is 14.1 Å². The van der Waals surface area contributed by atoms with E-state index in [2.05, 4.69) is 0 Å². The van der Waals surface area contributed by atoms with Gasteiger partial charge < -0.3 is 14.2 Å². The molecule has 12 heteroatoms. The third kappa shape index (κ3) is 4.09. The van der Waals surface area contributed by atoms with E-state index in [1.54, 1.807) is 0 Å². The minimum atomic E-state index is -4.52. The highest BCUT2D eigenvalue weighted by Crippen LogP contribution is 2.26. The summed E-state index contributed by atoms with van der Waals surface area (Å²) in [5, 5.41) is 0. The lowest BCUT2D eigenvalue weighted by Crippen LogP contribution is -2.58. The molecule has 174 valence electrons. The molecule has 3 rings (SSSR count). The Morgan fingerprint density at radius 1 is 0.515 bits per heavy atom. The van der Waals surface area contributed by atoms with Gasteiger partial charge in [0.05, 0.1) is 21.3 Å². The summed E-state index contributed by atoms with van der Waals surface area (Å²) in [5.41, 5.74) is 0. The SMILES string of the molecule is COc1ccc(F)[c]([Al]([c]2c(F)c(F)cc(F)c2OC)[c]2c(F)c(F)cc(F)c2OC)c1F. The van der Waals surface area contributed by atoms with Crippen molar-refractivity contribution in [3.63, 3.8) is 0 Å². The van der Waals surface area contributed by atoms with Crippen molar-refractivity contribution in [2.45, 2.75) is 0 Å². The smallest absolute Gasteiger partial charge is 0.415 e. The second-order valence-corrected chi connectivity index (χ2v) is 9.21. The lowest BCUT2D eigenvalue weighted by molar-refractivity contribution is 0.379. The van der Waals surface area contributed by atoms with Crippen LogP contribution in [-0.2, 0) is 0 Å². The van der Waals surface area contributed by atoms with E-state index in [1.165, 1.54) is 0 Å². The molecule has 3 nitrogen and oxygen atoms in total. The molecule has 0 aliphatic carbocycles. The average molecular weight is 492 g/mol. The number of hydrogen-bond acceptors (Lipinski definition) is 3. The Morgan fingerprint density at radius 2 is 0.970 bits per heavy atom. The standard InChI is InChI=1S/2C7H4F3O.C7H5F2O.Al/c2*1-11-7-3-5(9)4(8)2-6(7)10;1-10-7-3-2-5(8)4-6(7)9;/h2*2H,1H3;2-3H,1H3;. The number of ether oxygens (including phenoxy) is 3. The van der Waals surface area contributed by atoms with E-state index in [4.69, 9.17) is 14.2 Å². The highest BCUT2D eigenvalue weighted by atomic mass is 27.2. The first-order chi connectivity index (χ1) is 15.6. The zero-order chi connectivity index (χ0) is 24.6. The second-order valence-electron chi connectivity index (χ2n) is 6.61. The zero-order valence-electron chi connectivity index (χ0n) is 17.1. The van der Waals surface area contributed by atoms with Gasteiger partial charge in [0.2, 0.25) is 0 Å². The van der Waals surface area contributed by atoms with Crippen LogP contribution in [0.4, 0.5) is 35.1 Å². The number of methoxy groups -OCH3 is 3.